The van der Waals surface area contributed by atoms with Gasteiger partial charge in [-0.25, -0.2) is 9.97 Å². The Morgan fingerprint density at radius 3 is 2.59 bits per heavy atom. The number of rotatable bonds is 4. The first-order valence-corrected chi connectivity index (χ1v) is 9.75. The van der Waals surface area contributed by atoms with Gasteiger partial charge in [0.1, 0.15) is 23.3 Å². The normalized spacial score (nSPS) is 15.6. The minimum atomic E-state index is -1.11. The second-order valence-corrected chi connectivity index (χ2v) is 7.48. The number of nitrogens with one attached hydrogen (secondary N) is 2. The number of H-pyrrole nitrogens is 1. The molecule has 0 spiro atoms. The Morgan fingerprint density at radius 1 is 1.28 bits per heavy atom. The molecule has 1 saturated heterocycles. The van der Waals surface area contributed by atoms with Crippen molar-refractivity contribution in [3.63, 3.8) is 0 Å². The van der Waals surface area contributed by atoms with Crippen LogP contribution in [0.1, 0.15) is 18.4 Å². The van der Waals surface area contributed by atoms with E-state index in [1.54, 1.807) is 0 Å². The lowest BCUT2D eigenvalue weighted by molar-refractivity contribution is -0.144. The Hall–Kier alpha value is -2.68. The van der Waals surface area contributed by atoms with Crippen molar-refractivity contribution < 1.29 is 9.90 Å². The fourth-order valence-corrected chi connectivity index (χ4v) is 3.37. The molecule has 1 aromatic carbocycles. The highest BCUT2D eigenvalue weighted by atomic mass is 35.5. The van der Waals surface area contributed by atoms with Crippen molar-refractivity contribution in [2.45, 2.75) is 24.9 Å². The molecule has 3 heterocycles. The van der Waals surface area contributed by atoms with E-state index in [4.69, 9.17) is 22.4 Å². The molecule has 0 amide bonds. The van der Waals surface area contributed by atoms with Gasteiger partial charge in [-0.2, -0.15) is 0 Å². The zero-order valence-corrected chi connectivity index (χ0v) is 17.0. The van der Waals surface area contributed by atoms with Crippen LogP contribution < -0.4 is 16.0 Å². The molecular formula is C20H25ClN6O2. The van der Waals surface area contributed by atoms with Crippen LogP contribution in [-0.4, -0.2) is 51.7 Å². The minimum absolute atomic E-state index is 0.415. The van der Waals surface area contributed by atoms with Gasteiger partial charge in [0, 0.05) is 30.9 Å². The Kier molecular flexibility index (Phi) is 6.68. The summed E-state index contributed by atoms with van der Waals surface area (Å²) >= 11 is 5.69. The minimum Gasteiger partial charge on any atom is -0.480 e. The van der Waals surface area contributed by atoms with Gasteiger partial charge in [0.2, 0.25) is 0 Å². The summed E-state index contributed by atoms with van der Waals surface area (Å²) in [7, 11) is 1.93. The Balaban J connectivity index is 0.000000204. The molecule has 1 aliphatic rings. The third-order valence-corrected chi connectivity index (χ3v) is 5.26. The highest BCUT2D eigenvalue weighted by molar-refractivity contribution is 6.30. The van der Waals surface area contributed by atoms with Gasteiger partial charge in [-0.05, 0) is 43.7 Å². The molecule has 2 aromatic heterocycles. The van der Waals surface area contributed by atoms with Gasteiger partial charge in [0.25, 0.3) is 0 Å². The molecule has 0 bridgehead atoms. The number of anilines is 1. The average Bonchev–Trinajstić information content (AvgIpc) is 3.20. The summed E-state index contributed by atoms with van der Waals surface area (Å²) in [6.45, 7) is 2.07. The highest BCUT2D eigenvalue weighted by Crippen LogP contribution is 2.27. The van der Waals surface area contributed by atoms with E-state index in [1.807, 2.05) is 43.6 Å². The number of fused-ring (bicyclic) bond motifs is 1. The predicted octanol–water partition coefficient (Wildman–Crippen LogP) is 2.40. The number of aromatic amines is 1. The maximum atomic E-state index is 11.1. The third kappa shape index (κ3) is 5.03. The van der Waals surface area contributed by atoms with Crippen LogP contribution in [-0.2, 0) is 11.3 Å². The van der Waals surface area contributed by atoms with Crippen LogP contribution in [0.15, 0.2) is 42.9 Å². The van der Waals surface area contributed by atoms with Crippen LogP contribution >= 0.6 is 11.6 Å². The molecule has 3 aromatic rings. The molecule has 4 rings (SSSR count). The molecule has 29 heavy (non-hydrogen) atoms. The molecule has 0 saturated carbocycles. The lowest BCUT2D eigenvalue weighted by Gasteiger charge is -2.36. The summed E-state index contributed by atoms with van der Waals surface area (Å²) in [6, 6.07) is 9.74. The third-order valence-electron chi connectivity index (χ3n) is 5.01. The highest BCUT2D eigenvalue weighted by Gasteiger charge is 2.38. The largest absolute Gasteiger partial charge is 0.480 e. The number of halogens is 1. The van der Waals surface area contributed by atoms with Crippen LogP contribution in [0.4, 0.5) is 5.82 Å². The molecule has 8 nitrogen and oxygen atoms in total. The lowest BCUT2D eigenvalue weighted by atomic mass is 9.89. The summed E-state index contributed by atoms with van der Waals surface area (Å²) in [4.78, 5) is 24.7. The van der Waals surface area contributed by atoms with Gasteiger partial charge in [-0.1, -0.05) is 23.7 Å². The fourth-order valence-electron chi connectivity index (χ4n) is 3.25. The number of benzene rings is 1. The van der Waals surface area contributed by atoms with Crippen LogP contribution in [0.3, 0.4) is 0 Å². The Labute approximate surface area is 174 Å². The number of carbonyl (C=O) groups is 1. The van der Waals surface area contributed by atoms with E-state index in [0.717, 1.165) is 28.4 Å². The number of nitrogens with two attached hydrogens (primary N) is 1. The molecule has 0 aliphatic carbocycles. The summed E-state index contributed by atoms with van der Waals surface area (Å²) < 4.78 is 0. The van der Waals surface area contributed by atoms with Crippen molar-refractivity contribution in [2.75, 3.05) is 25.0 Å². The maximum Gasteiger partial charge on any atom is 0.323 e. The molecule has 0 unspecified atom stereocenters. The van der Waals surface area contributed by atoms with E-state index in [-0.39, 0.29) is 0 Å². The quantitative estimate of drug-likeness (QED) is 0.515. The van der Waals surface area contributed by atoms with E-state index in [1.165, 1.54) is 11.9 Å². The number of carboxylic acid groups (broad SMARTS) is 1. The first-order valence-electron chi connectivity index (χ1n) is 9.37. The van der Waals surface area contributed by atoms with Crippen molar-refractivity contribution in [3.05, 3.63) is 53.4 Å². The number of aromatic nitrogens is 3. The Morgan fingerprint density at radius 2 is 1.97 bits per heavy atom. The number of carboxylic acids is 1. The van der Waals surface area contributed by atoms with Crippen LogP contribution in [0, 0.1) is 0 Å². The van der Waals surface area contributed by atoms with Crippen LogP contribution in [0.5, 0.6) is 0 Å². The molecule has 1 aliphatic heterocycles. The summed E-state index contributed by atoms with van der Waals surface area (Å²) in [5.41, 5.74) is 6.80. The SMILES string of the molecule is CNCc1ccc(Cl)cc1.NC1(C(=O)O)CCN(c2ncnc3[nH]ccc23)CC1. The summed E-state index contributed by atoms with van der Waals surface area (Å²) in [6.07, 6.45) is 4.16. The van der Waals surface area contributed by atoms with Crippen molar-refractivity contribution in [2.24, 2.45) is 5.73 Å². The zero-order valence-electron chi connectivity index (χ0n) is 16.2. The topological polar surface area (TPSA) is 120 Å². The van der Waals surface area contributed by atoms with Gasteiger partial charge >= 0.3 is 5.97 Å². The van der Waals surface area contributed by atoms with Crippen molar-refractivity contribution in [3.8, 4) is 0 Å². The smallest absolute Gasteiger partial charge is 0.323 e. The van der Waals surface area contributed by atoms with Gasteiger partial charge in [0.05, 0.1) is 5.39 Å². The van der Waals surface area contributed by atoms with E-state index < -0.39 is 11.5 Å². The van der Waals surface area contributed by atoms with Crippen molar-refractivity contribution >= 4 is 34.4 Å². The van der Waals surface area contributed by atoms with Gasteiger partial charge in [0.15, 0.2) is 0 Å². The lowest BCUT2D eigenvalue weighted by Crippen LogP contribution is -2.55. The molecule has 0 radical (unpaired) electrons. The number of piperidine rings is 1. The van der Waals surface area contributed by atoms with E-state index in [9.17, 15) is 4.79 Å². The summed E-state index contributed by atoms with van der Waals surface area (Å²) in [5.74, 6) is -0.0969. The van der Waals surface area contributed by atoms with Crippen LogP contribution in [0.25, 0.3) is 11.0 Å². The average molecular weight is 417 g/mol. The molecule has 0 atom stereocenters. The standard InChI is InChI=1S/C12H15N5O2.C8H10ClN/c13-12(11(18)19)2-5-17(6-3-12)10-8-1-4-14-9(8)15-7-16-10;1-10-6-7-2-4-8(9)5-3-7/h1,4,7H,2-3,5-6,13H2,(H,18,19)(H,14,15,16);2-5,10H,6H2,1H3. The number of aliphatic carboxylic acids is 1. The monoisotopic (exact) mass is 416 g/mol. The molecule has 154 valence electrons. The van der Waals surface area contributed by atoms with Crippen LogP contribution in [0.2, 0.25) is 5.02 Å². The second kappa shape index (κ2) is 9.21. The summed E-state index contributed by atoms with van der Waals surface area (Å²) in [5, 5.41) is 13.9. The molecular weight excluding hydrogens is 392 g/mol. The Bertz CT molecular complexity index is 951. The predicted molar refractivity (Wildman–Crippen MR) is 114 cm³/mol. The molecule has 1 fully saturated rings. The van der Waals surface area contributed by atoms with E-state index in [0.29, 0.717) is 25.9 Å². The van der Waals surface area contributed by atoms with E-state index >= 15 is 0 Å². The van der Waals surface area contributed by atoms with E-state index in [2.05, 4.69) is 25.2 Å². The maximum absolute atomic E-state index is 11.1. The first kappa shape index (κ1) is 21.0. The number of nitrogens with zero attached hydrogens (tertiary/aromatic N) is 3. The molecule has 5 N–H and O–H groups in total. The number of hydrogen-bond acceptors (Lipinski definition) is 6. The van der Waals surface area contributed by atoms with Gasteiger partial charge < -0.3 is 26.0 Å². The zero-order chi connectivity index (χ0) is 20.9. The first-order chi connectivity index (χ1) is 13.9. The van der Waals surface area contributed by atoms with Crippen molar-refractivity contribution in [1.29, 1.82) is 0 Å². The number of hydrogen-bond donors (Lipinski definition) is 4. The molecule has 9 heteroatoms. The van der Waals surface area contributed by atoms with Crippen molar-refractivity contribution in [1.82, 2.24) is 20.3 Å². The van der Waals surface area contributed by atoms with Gasteiger partial charge in [-0.15, -0.1) is 0 Å². The van der Waals surface area contributed by atoms with Gasteiger partial charge in [-0.3, -0.25) is 4.79 Å². The fraction of sp³-hybridized carbons (Fsp3) is 0.350. The second-order valence-electron chi connectivity index (χ2n) is 7.04.